The van der Waals surface area contributed by atoms with Crippen LogP contribution in [0.15, 0.2) is 30.5 Å². The summed E-state index contributed by atoms with van der Waals surface area (Å²) in [6, 6.07) is 9.06. The number of nitrogens with two attached hydrogens (primary N) is 1. The molecular formula is C27H37F2N6O4P. The molecule has 1 aromatic carbocycles. The highest BCUT2D eigenvalue weighted by Gasteiger charge is 2.47. The van der Waals surface area contributed by atoms with E-state index in [0.29, 0.717) is 36.9 Å². The van der Waals surface area contributed by atoms with Gasteiger partial charge in [-0.15, -0.1) is 0 Å². The van der Waals surface area contributed by atoms with Crippen molar-refractivity contribution in [2.75, 3.05) is 31.6 Å². The minimum absolute atomic E-state index is 0.175. The number of carbonyl (C=O) groups excluding carboxylic acids is 1. The minimum Gasteiger partial charge on any atom is -0.365 e. The molecule has 0 spiro atoms. The molecule has 40 heavy (non-hydrogen) atoms. The van der Waals surface area contributed by atoms with E-state index in [-0.39, 0.29) is 37.1 Å². The van der Waals surface area contributed by atoms with Crippen LogP contribution < -0.4 is 16.4 Å². The lowest BCUT2D eigenvalue weighted by Crippen LogP contribution is -2.58. The first-order chi connectivity index (χ1) is 18.9. The summed E-state index contributed by atoms with van der Waals surface area (Å²) >= 11 is 0. The molecule has 0 atom stereocenters. The number of amides is 1. The maximum Gasteiger partial charge on any atom is 0.361 e. The highest BCUT2D eigenvalue weighted by Crippen LogP contribution is 2.47. The molecule has 3 N–H and O–H groups in total. The number of alkyl halides is 2. The first-order valence-corrected chi connectivity index (χ1v) is 15.1. The average Bonchev–Trinajstić information content (AvgIpc) is 3.29. The molecule has 1 aromatic heterocycles. The maximum absolute atomic E-state index is 13.6. The van der Waals surface area contributed by atoms with Crippen molar-refractivity contribution in [3.8, 4) is 6.07 Å². The van der Waals surface area contributed by atoms with Crippen LogP contribution in [-0.2, 0) is 19.2 Å². The fourth-order valence-corrected chi connectivity index (χ4v) is 7.12. The van der Waals surface area contributed by atoms with Crippen molar-refractivity contribution in [2.45, 2.75) is 70.4 Å². The van der Waals surface area contributed by atoms with Gasteiger partial charge < -0.3 is 20.1 Å². The smallest absolute Gasteiger partial charge is 0.361 e. The lowest BCUT2D eigenvalue weighted by atomic mass is 9.76. The Morgan fingerprint density at radius 1 is 1.23 bits per heavy atom. The Kier molecular flexibility index (Phi) is 9.00. The number of benzene rings is 1. The monoisotopic (exact) mass is 578 g/mol. The van der Waals surface area contributed by atoms with E-state index in [0.717, 1.165) is 19.8 Å². The third kappa shape index (κ3) is 6.23. The first-order valence-electron chi connectivity index (χ1n) is 13.6. The summed E-state index contributed by atoms with van der Waals surface area (Å²) in [6.07, 6.45) is 4.47. The average molecular weight is 579 g/mol. The summed E-state index contributed by atoms with van der Waals surface area (Å²) in [6.45, 7) is 5.67. The number of hydrogen-bond acceptors (Lipinski definition) is 8. The predicted octanol–water partition coefficient (Wildman–Crippen LogP) is 4.76. The molecule has 1 saturated carbocycles. The summed E-state index contributed by atoms with van der Waals surface area (Å²) in [4.78, 5) is 14.4. The van der Waals surface area contributed by atoms with Crippen LogP contribution in [0, 0.1) is 17.2 Å². The number of rotatable bonds is 12. The molecular weight excluding hydrogens is 541 g/mol. The van der Waals surface area contributed by atoms with Crippen molar-refractivity contribution < 1.29 is 27.2 Å². The van der Waals surface area contributed by atoms with Gasteiger partial charge in [-0.25, -0.2) is 8.78 Å². The minimum atomic E-state index is -3.45. The van der Waals surface area contributed by atoms with E-state index >= 15 is 0 Å². The van der Waals surface area contributed by atoms with Gasteiger partial charge in [0.05, 0.1) is 36.5 Å². The zero-order chi connectivity index (χ0) is 29.1. The number of carbonyl (C=O) groups is 1. The lowest BCUT2D eigenvalue weighted by molar-refractivity contribution is -0.120. The lowest BCUT2D eigenvalue weighted by Gasteiger charge is -2.50. The number of hydrogen-bond donors (Lipinski definition) is 2. The van der Waals surface area contributed by atoms with E-state index in [1.54, 1.807) is 49.0 Å². The summed E-state index contributed by atoms with van der Waals surface area (Å²) in [5.74, 6) is -3.72. The third-order valence-electron chi connectivity index (χ3n) is 7.95. The van der Waals surface area contributed by atoms with E-state index in [4.69, 9.17) is 14.8 Å². The zero-order valence-electron chi connectivity index (χ0n) is 23.1. The Bertz CT molecular complexity index is 1270. The van der Waals surface area contributed by atoms with Gasteiger partial charge in [0.1, 0.15) is 5.56 Å². The molecule has 4 rings (SSSR count). The summed E-state index contributed by atoms with van der Waals surface area (Å²) in [5, 5.41) is 17.8. The third-order valence-corrected chi connectivity index (χ3v) is 10.1. The van der Waals surface area contributed by atoms with Gasteiger partial charge in [-0.2, -0.15) is 10.4 Å². The summed E-state index contributed by atoms with van der Waals surface area (Å²) in [5.41, 5.74) is 5.79. The molecule has 218 valence electrons. The van der Waals surface area contributed by atoms with Gasteiger partial charge in [-0.3, -0.25) is 18.9 Å². The number of nitrogens with zero attached hydrogens (tertiary/aromatic N) is 4. The molecule has 13 heteroatoms. The number of halogens is 2. The maximum atomic E-state index is 13.6. The molecule has 1 saturated heterocycles. The Labute approximate surface area is 233 Å². The molecule has 1 aliphatic heterocycles. The van der Waals surface area contributed by atoms with Crippen molar-refractivity contribution >= 4 is 30.3 Å². The number of primary amides is 1. The van der Waals surface area contributed by atoms with Gasteiger partial charge in [0.25, 0.3) is 11.8 Å². The van der Waals surface area contributed by atoms with Crippen LogP contribution in [0.1, 0.15) is 63.2 Å². The Morgan fingerprint density at radius 2 is 1.82 bits per heavy atom. The molecule has 0 unspecified atom stereocenters. The largest absolute Gasteiger partial charge is 0.365 e. The molecule has 2 aliphatic rings. The topological polar surface area (TPSA) is 135 Å². The number of nitrogens with one attached hydrogen (secondary N) is 1. The Hall–Kier alpha value is -2.84. The van der Waals surface area contributed by atoms with Gasteiger partial charge in [0.2, 0.25) is 0 Å². The molecule has 2 heterocycles. The van der Waals surface area contributed by atoms with Crippen LogP contribution in [0.4, 0.5) is 20.3 Å². The highest BCUT2D eigenvalue weighted by atomic mass is 31.2. The van der Waals surface area contributed by atoms with Gasteiger partial charge in [0.15, 0.2) is 5.82 Å². The summed E-state index contributed by atoms with van der Waals surface area (Å²) in [7, 11) is -3.45. The van der Waals surface area contributed by atoms with Crippen LogP contribution in [0.25, 0.3) is 0 Å². The van der Waals surface area contributed by atoms with E-state index in [2.05, 4.69) is 21.4 Å². The van der Waals surface area contributed by atoms with Crippen molar-refractivity contribution in [3.05, 3.63) is 36.0 Å². The van der Waals surface area contributed by atoms with Crippen LogP contribution in [0.5, 0.6) is 0 Å². The molecule has 2 fully saturated rings. The number of nitriles is 1. The second kappa shape index (κ2) is 12.0. The van der Waals surface area contributed by atoms with E-state index in [1.807, 2.05) is 0 Å². The number of aromatic nitrogens is 2. The normalized spacial score (nSPS) is 22.4. The number of likely N-dealkylation sites (tertiary alicyclic amines) is 1. The van der Waals surface area contributed by atoms with Crippen molar-refractivity contribution in [3.63, 3.8) is 0 Å². The second-order valence-electron chi connectivity index (χ2n) is 10.6. The van der Waals surface area contributed by atoms with Gasteiger partial charge >= 0.3 is 7.60 Å². The zero-order valence-corrected chi connectivity index (χ0v) is 24.0. The van der Waals surface area contributed by atoms with E-state index in [9.17, 15) is 23.4 Å². The van der Waals surface area contributed by atoms with Crippen LogP contribution in [0.3, 0.4) is 0 Å². The summed E-state index contributed by atoms with van der Waals surface area (Å²) < 4.78 is 52.7. The molecule has 2 aromatic rings. The van der Waals surface area contributed by atoms with Gasteiger partial charge in [0, 0.05) is 36.9 Å². The van der Waals surface area contributed by atoms with Gasteiger partial charge in [-0.05, 0) is 70.7 Å². The molecule has 0 bridgehead atoms. The fourth-order valence-electron chi connectivity index (χ4n) is 5.55. The quantitative estimate of drug-likeness (QED) is 0.345. The van der Waals surface area contributed by atoms with Crippen LogP contribution in [-0.4, -0.2) is 58.9 Å². The van der Waals surface area contributed by atoms with E-state index in [1.165, 1.54) is 0 Å². The Morgan fingerprint density at radius 3 is 2.33 bits per heavy atom. The highest BCUT2D eigenvalue weighted by molar-refractivity contribution is 7.62. The fraction of sp³-hybridized carbons (Fsp3) is 0.593. The van der Waals surface area contributed by atoms with Crippen molar-refractivity contribution in [2.24, 2.45) is 11.7 Å². The van der Waals surface area contributed by atoms with Crippen molar-refractivity contribution in [1.29, 1.82) is 5.26 Å². The molecule has 10 nitrogen and oxygen atoms in total. The molecule has 0 radical (unpaired) electrons. The van der Waals surface area contributed by atoms with Crippen molar-refractivity contribution in [1.82, 2.24) is 14.7 Å². The standard InChI is InChI=1S/C27H37F2N6O4P/c1-4-38-40(37,39-5-2)22-8-6-20(7-9-22)32-25-23(24(31)36)18-35(33-25)27(14-15-30)12-10-21(11-13-27)34-16-19(17-34)26(3,28)29/h6-9,18-19,21H,4-5,10-14,16-17H2,1-3H3,(H2,31,36)(H,32,33)/t21-,27-. The van der Waals surface area contributed by atoms with Crippen LogP contribution >= 0.6 is 7.60 Å². The molecule has 1 amide bonds. The van der Waals surface area contributed by atoms with E-state index < -0.39 is 30.9 Å². The SMILES string of the molecule is CCOP(=O)(OCC)c1ccc(Nc2nn([C@]3(CC#N)CC[C@@H](N4CC(C(C)(F)F)C4)CC3)cc2C(N)=O)cc1. The van der Waals surface area contributed by atoms with Gasteiger partial charge in [-0.1, -0.05) is 0 Å². The first kappa shape index (κ1) is 30.1. The van der Waals surface area contributed by atoms with Crippen LogP contribution in [0.2, 0.25) is 0 Å². The second-order valence-corrected chi connectivity index (χ2v) is 12.6. The Balaban J connectivity index is 1.51. The molecule has 1 aliphatic carbocycles. The predicted molar refractivity (Wildman–Crippen MR) is 147 cm³/mol. The number of anilines is 2.